The molecule has 1 heterocycles. The van der Waals surface area contributed by atoms with Crippen LogP contribution < -0.4 is 10.6 Å². The molecule has 0 radical (unpaired) electrons. The summed E-state index contributed by atoms with van der Waals surface area (Å²) in [6.45, 7) is 3.31. The van der Waals surface area contributed by atoms with Crippen molar-refractivity contribution in [2.24, 2.45) is 0 Å². The molecule has 0 aliphatic heterocycles. The number of amides is 2. The maximum atomic E-state index is 12.8. The molecule has 0 unspecified atom stereocenters. The van der Waals surface area contributed by atoms with E-state index in [0.29, 0.717) is 5.69 Å². The van der Waals surface area contributed by atoms with Gasteiger partial charge in [-0.1, -0.05) is 30.3 Å². The highest BCUT2D eigenvalue weighted by Crippen LogP contribution is 2.26. The summed E-state index contributed by atoms with van der Waals surface area (Å²) in [4.78, 5) is 35.9. The highest BCUT2D eigenvalue weighted by atomic mass is 16.5. The average molecular weight is 420 g/mol. The maximum absolute atomic E-state index is 12.8. The van der Waals surface area contributed by atoms with Crippen molar-refractivity contribution in [1.29, 1.82) is 0 Å². The lowest BCUT2D eigenvalue weighted by Crippen LogP contribution is -2.37. The minimum Gasteiger partial charge on any atom is -0.452 e. The van der Waals surface area contributed by atoms with Crippen LogP contribution in [0, 0.1) is 13.8 Å². The summed E-state index contributed by atoms with van der Waals surface area (Å²) in [5.74, 6) is -1.59. The Kier molecular flexibility index (Phi) is 6.81. The Hall–Kier alpha value is -3.94. The van der Waals surface area contributed by atoms with Crippen LogP contribution in [0.15, 0.2) is 54.7 Å². The number of esters is 1. The number of nitrogens with one attached hydrogen (secondary N) is 2. The zero-order valence-electron chi connectivity index (χ0n) is 17.6. The van der Waals surface area contributed by atoms with Crippen LogP contribution in [-0.2, 0) is 14.3 Å². The first-order valence-electron chi connectivity index (χ1n) is 9.76. The van der Waals surface area contributed by atoms with Crippen molar-refractivity contribution in [3.8, 4) is 16.9 Å². The molecule has 0 aliphatic rings. The van der Waals surface area contributed by atoms with Gasteiger partial charge in [0.05, 0.1) is 12.2 Å². The minimum atomic E-state index is -0.675. The summed E-state index contributed by atoms with van der Waals surface area (Å²) in [6, 6.07) is 15.2. The molecule has 0 atom stereocenters. The van der Waals surface area contributed by atoms with Gasteiger partial charge >= 0.3 is 5.97 Å². The Morgan fingerprint density at radius 3 is 2.42 bits per heavy atom. The van der Waals surface area contributed by atoms with E-state index in [4.69, 9.17) is 4.74 Å². The third-order valence-corrected chi connectivity index (χ3v) is 4.79. The molecule has 2 N–H and O–H groups in total. The van der Waals surface area contributed by atoms with Gasteiger partial charge in [-0.25, -0.2) is 9.48 Å². The molecule has 8 heteroatoms. The molecule has 8 nitrogen and oxygen atoms in total. The molecule has 0 bridgehead atoms. The molecule has 0 saturated heterocycles. The van der Waals surface area contributed by atoms with Gasteiger partial charge in [0.25, 0.3) is 5.91 Å². The number of carbonyl (C=O) groups excluding carboxylic acids is 3. The molecule has 1 aromatic heterocycles. The predicted molar refractivity (Wildman–Crippen MR) is 116 cm³/mol. The minimum absolute atomic E-state index is 0.188. The topological polar surface area (TPSA) is 102 Å². The van der Waals surface area contributed by atoms with Crippen LogP contribution in [0.25, 0.3) is 16.9 Å². The largest absolute Gasteiger partial charge is 0.452 e. The maximum Gasteiger partial charge on any atom is 0.342 e. The van der Waals surface area contributed by atoms with Gasteiger partial charge in [0, 0.05) is 18.8 Å². The van der Waals surface area contributed by atoms with Crippen LogP contribution in [0.1, 0.15) is 21.5 Å². The summed E-state index contributed by atoms with van der Waals surface area (Å²) >= 11 is 0. The Labute approximate surface area is 180 Å². The highest BCUT2D eigenvalue weighted by molar-refractivity contribution is 5.97. The lowest BCUT2D eigenvalue weighted by molar-refractivity contribution is -0.127. The smallest absolute Gasteiger partial charge is 0.342 e. The van der Waals surface area contributed by atoms with E-state index in [9.17, 15) is 14.4 Å². The van der Waals surface area contributed by atoms with Crippen LogP contribution in [0.4, 0.5) is 0 Å². The molecule has 160 valence electrons. The zero-order valence-corrected chi connectivity index (χ0v) is 17.6. The number of para-hydroxylation sites is 1. The van der Waals surface area contributed by atoms with E-state index in [1.807, 2.05) is 62.4 Å². The number of rotatable bonds is 7. The fourth-order valence-corrected chi connectivity index (χ4v) is 2.87. The first-order chi connectivity index (χ1) is 14.9. The number of hydrogen-bond acceptors (Lipinski definition) is 5. The van der Waals surface area contributed by atoms with Gasteiger partial charge in [0.1, 0.15) is 11.3 Å². The number of hydrogen-bond donors (Lipinski definition) is 2. The summed E-state index contributed by atoms with van der Waals surface area (Å²) < 4.78 is 6.79. The van der Waals surface area contributed by atoms with E-state index < -0.39 is 18.5 Å². The van der Waals surface area contributed by atoms with Crippen molar-refractivity contribution < 1.29 is 19.1 Å². The second-order valence-corrected chi connectivity index (χ2v) is 7.00. The normalized spacial score (nSPS) is 10.4. The van der Waals surface area contributed by atoms with Crippen molar-refractivity contribution in [2.45, 2.75) is 13.8 Å². The van der Waals surface area contributed by atoms with Crippen LogP contribution >= 0.6 is 0 Å². The number of aromatic nitrogens is 2. The molecule has 3 aromatic rings. The Bertz CT molecular complexity index is 1110. The summed E-state index contributed by atoms with van der Waals surface area (Å²) in [5, 5.41) is 9.38. The number of nitrogens with zero attached hydrogens (tertiary/aromatic N) is 2. The van der Waals surface area contributed by atoms with E-state index in [-0.39, 0.29) is 18.0 Å². The first kappa shape index (κ1) is 21.8. The second kappa shape index (κ2) is 9.71. The number of aryl methyl sites for hydroxylation is 2. The predicted octanol–water partition coefficient (Wildman–Crippen LogP) is 2.18. The quantitative estimate of drug-likeness (QED) is 0.571. The number of likely N-dealkylation sites (N-methyl/N-ethyl adjacent to an activating group) is 1. The van der Waals surface area contributed by atoms with Gasteiger partial charge in [0.15, 0.2) is 6.61 Å². The fraction of sp³-hybridized carbons (Fsp3) is 0.217. The molecular formula is C23H24N4O4. The van der Waals surface area contributed by atoms with Crippen LogP contribution in [-0.4, -0.2) is 47.8 Å². The van der Waals surface area contributed by atoms with Gasteiger partial charge < -0.3 is 15.4 Å². The monoisotopic (exact) mass is 420 g/mol. The van der Waals surface area contributed by atoms with E-state index in [0.717, 1.165) is 22.4 Å². The Balaban J connectivity index is 1.86. The van der Waals surface area contributed by atoms with Crippen molar-refractivity contribution in [3.05, 3.63) is 71.4 Å². The van der Waals surface area contributed by atoms with Crippen molar-refractivity contribution in [1.82, 2.24) is 20.4 Å². The third kappa shape index (κ3) is 5.36. The van der Waals surface area contributed by atoms with Gasteiger partial charge in [0.2, 0.25) is 5.91 Å². The summed E-state index contributed by atoms with van der Waals surface area (Å²) in [5.41, 5.74) is 4.46. The molecule has 2 aromatic carbocycles. The molecule has 0 fully saturated rings. The molecule has 0 saturated carbocycles. The lowest BCUT2D eigenvalue weighted by Gasteiger charge is -2.07. The van der Waals surface area contributed by atoms with Crippen LogP contribution in [0.2, 0.25) is 0 Å². The SMILES string of the molecule is CNC(=O)CNC(=O)COC(=O)c1cn(-c2ccccc2)nc1-c1ccc(C)c(C)c1. The zero-order chi connectivity index (χ0) is 22.4. The number of ether oxygens (including phenoxy) is 1. The van der Waals surface area contributed by atoms with E-state index in [2.05, 4.69) is 15.7 Å². The Morgan fingerprint density at radius 1 is 1.00 bits per heavy atom. The molecule has 0 aliphatic carbocycles. The van der Waals surface area contributed by atoms with Gasteiger partial charge in [-0.05, 0) is 43.2 Å². The van der Waals surface area contributed by atoms with Gasteiger partial charge in [-0.2, -0.15) is 5.10 Å². The van der Waals surface area contributed by atoms with Crippen molar-refractivity contribution in [3.63, 3.8) is 0 Å². The molecule has 0 spiro atoms. The van der Waals surface area contributed by atoms with Crippen molar-refractivity contribution in [2.75, 3.05) is 20.2 Å². The number of benzene rings is 2. The molecular weight excluding hydrogens is 396 g/mol. The van der Waals surface area contributed by atoms with E-state index in [1.54, 1.807) is 10.9 Å². The fourth-order valence-electron chi connectivity index (χ4n) is 2.87. The first-order valence-corrected chi connectivity index (χ1v) is 9.76. The van der Waals surface area contributed by atoms with E-state index >= 15 is 0 Å². The second-order valence-electron chi connectivity index (χ2n) is 7.00. The molecule has 2 amide bonds. The van der Waals surface area contributed by atoms with Crippen molar-refractivity contribution >= 4 is 17.8 Å². The average Bonchev–Trinajstić information content (AvgIpc) is 3.24. The van der Waals surface area contributed by atoms with Crippen LogP contribution in [0.5, 0.6) is 0 Å². The third-order valence-electron chi connectivity index (χ3n) is 4.79. The summed E-state index contributed by atoms with van der Waals surface area (Å²) in [6.07, 6.45) is 1.59. The summed E-state index contributed by atoms with van der Waals surface area (Å²) in [7, 11) is 1.47. The molecule has 3 rings (SSSR count). The van der Waals surface area contributed by atoms with Gasteiger partial charge in [-0.3, -0.25) is 9.59 Å². The molecule has 31 heavy (non-hydrogen) atoms. The van der Waals surface area contributed by atoms with Crippen LogP contribution in [0.3, 0.4) is 0 Å². The standard InChI is InChI=1S/C23H24N4O4/c1-15-9-10-17(11-16(15)2)22-19(13-27(26-22)18-7-5-4-6-8-18)23(30)31-14-21(29)25-12-20(28)24-3/h4-11,13H,12,14H2,1-3H3,(H,24,28)(H,25,29). The van der Waals surface area contributed by atoms with Gasteiger partial charge in [-0.15, -0.1) is 0 Å². The number of carbonyl (C=O) groups is 3. The van der Waals surface area contributed by atoms with E-state index in [1.165, 1.54) is 7.05 Å². The highest BCUT2D eigenvalue weighted by Gasteiger charge is 2.21. The Morgan fingerprint density at radius 2 is 1.74 bits per heavy atom. The lowest BCUT2D eigenvalue weighted by atomic mass is 10.0.